The molecule has 1 heterocycles. The lowest BCUT2D eigenvalue weighted by Gasteiger charge is -2.32. The van der Waals surface area contributed by atoms with Crippen LogP contribution < -0.4 is 5.32 Å². The number of benzene rings is 2. The molecule has 4 nitrogen and oxygen atoms in total. The Kier molecular flexibility index (Phi) is 6.14. The standard InChI is InChI=1S/C20H22N2O2S/c23-19(17-9-5-2-6-10-17)15-18(16-7-3-1-4-8-16)21-20(25)22-11-13-24-14-12-22/h1-10,18H,11-15H2,(H,21,25)/t18-/m0/s1. The Morgan fingerprint density at radius 2 is 1.64 bits per heavy atom. The number of hydrogen-bond acceptors (Lipinski definition) is 3. The second-order valence-electron chi connectivity index (χ2n) is 6.01. The van der Waals surface area contributed by atoms with Crippen molar-refractivity contribution in [3.63, 3.8) is 0 Å². The van der Waals surface area contributed by atoms with Gasteiger partial charge >= 0.3 is 0 Å². The highest BCUT2D eigenvalue weighted by Gasteiger charge is 2.21. The van der Waals surface area contributed by atoms with Crippen molar-refractivity contribution in [1.29, 1.82) is 0 Å². The molecule has 0 unspecified atom stereocenters. The van der Waals surface area contributed by atoms with Gasteiger partial charge in [-0.2, -0.15) is 0 Å². The zero-order valence-electron chi connectivity index (χ0n) is 14.1. The molecule has 0 saturated carbocycles. The van der Waals surface area contributed by atoms with Crippen molar-refractivity contribution in [2.75, 3.05) is 26.3 Å². The van der Waals surface area contributed by atoms with E-state index in [2.05, 4.69) is 10.2 Å². The van der Waals surface area contributed by atoms with Gasteiger partial charge in [0.15, 0.2) is 10.9 Å². The summed E-state index contributed by atoms with van der Waals surface area (Å²) in [4.78, 5) is 14.8. The molecule has 5 heteroatoms. The number of Topliss-reactive ketones (excluding diaryl/α,β-unsaturated/α-hetero) is 1. The summed E-state index contributed by atoms with van der Waals surface area (Å²) < 4.78 is 5.38. The van der Waals surface area contributed by atoms with Crippen LogP contribution in [0.5, 0.6) is 0 Å². The lowest BCUT2D eigenvalue weighted by Crippen LogP contribution is -2.47. The molecule has 2 aromatic carbocycles. The van der Waals surface area contributed by atoms with Crippen molar-refractivity contribution >= 4 is 23.1 Å². The largest absolute Gasteiger partial charge is 0.378 e. The first kappa shape index (κ1) is 17.6. The normalized spacial score (nSPS) is 15.4. The zero-order chi connectivity index (χ0) is 17.5. The summed E-state index contributed by atoms with van der Waals surface area (Å²) in [5.74, 6) is 0.103. The minimum absolute atomic E-state index is 0.103. The molecule has 2 aromatic rings. The monoisotopic (exact) mass is 354 g/mol. The average molecular weight is 354 g/mol. The summed E-state index contributed by atoms with van der Waals surface area (Å²) in [5.41, 5.74) is 1.78. The van der Waals surface area contributed by atoms with Gasteiger partial charge in [0.1, 0.15) is 0 Å². The maximum Gasteiger partial charge on any atom is 0.169 e. The number of nitrogens with one attached hydrogen (secondary N) is 1. The van der Waals surface area contributed by atoms with E-state index in [0.29, 0.717) is 24.7 Å². The topological polar surface area (TPSA) is 41.6 Å². The first-order chi connectivity index (χ1) is 12.2. The van der Waals surface area contributed by atoms with Gasteiger partial charge < -0.3 is 15.0 Å². The number of carbonyl (C=O) groups is 1. The number of ether oxygens (including phenoxy) is 1. The summed E-state index contributed by atoms with van der Waals surface area (Å²) in [6.45, 7) is 2.92. The van der Waals surface area contributed by atoms with Crippen molar-refractivity contribution in [1.82, 2.24) is 10.2 Å². The molecule has 130 valence electrons. The van der Waals surface area contributed by atoms with Crippen molar-refractivity contribution in [3.05, 3.63) is 71.8 Å². The lowest BCUT2D eigenvalue weighted by molar-refractivity contribution is 0.0672. The van der Waals surface area contributed by atoms with Crippen molar-refractivity contribution in [3.8, 4) is 0 Å². The highest BCUT2D eigenvalue weighted by Crippen LogP contribution is 2.20. The van der Waals surface area contributed by atoms with E-state index in [1.807, 2.05) is 60.7 Å². The first-order valence-corrected chi connectivity index (χ1v) is 8.91. The van der Waals surface area contributed by atoms with Crippen LogP contribution in [0.2, 0.25) is 0 Å². The van der Waals surface area contributed by atoms with Crippen LogP contribution in [0.15, 0.2) is 60.7 Å². The molecule has 0 aromatic heterocycles. The number of thiocarbonyl (C=S) groups is 1. The maximum absolute atomic E-state index is 12.7. The lowest BCUT2D eigenvalue weighted by atomic mass is 9.98. The summed E-state index contributed by atoms with van der Waals surface area (Å²) >= 11 is 5.57. The Balaban J connectivity index is 1.73. The summed E-state index contributed by atoms with van der Waals surface area (Å²) in [7, 11) is 0. The molecule has 1 aliphatic heterocycles. The predicted molar refractivity (Wildman–Crippen MR) is 103 cm³/mol. The highest BCUT2D eigenvalue weighted by atomic mass is 32.1. The molecule has 3 rings (SSSR count). The SMILES string of the molecule is O=C(C[C@H](NC(=S)N1CCOCC1)c1ccccc1)c1ccccc1. The van der Waals surface area contributed by atoms with Crippen LogP contribution in [0.3, 0.4) is 0 Å². The van der Waals surface area contributed by atoms with Gasteiger partial charge in [0.25, 0.3) is 0 Å². The zero-order valence-corrected chi connectivity index (χ0v) is 14.9. The molecule has 1 N–H and O–H groups in total. The Labute approximate surface area is 153 Å². The van der Waals surface area contributed by atoms with Gasteiger partial charge in [-0.1, -0.05) is 60.7 Å². The molecule has 1 atom stereocenters. The Morgan fingerprint density at radius 1 is 1.04 bits per heavy atom. The van der Waals surface area contributed by atoms with Gasteiger partial charge in [0, 0.05) is 25.1 Å². The Morgan fingerprint density at radius 3 is 2.28 bits per heavy atom. The second kappa shape index (κ2) is 8.74. The minimum Gasteiger partial charge on any atom is -0.378 e. The van der Waals surface area contributed by atoms with Crippen LogP contribution in [0.25, 0.3) is 0 Å². The number of nitrogens with zero attached hydrogens (tertiary/aromatic N) is 1. The molecule has 0 bridgehead atoms. The Bertz CT molecular complexity index is 700. The molecule has 1 aliphatic rings. The molecule has 0 spiro atoms. The van der Waals surface area contributed by atoms with Crippen LogP contribution in [0.1, 0.15) is 28.4 Å². The van der Waals surface area contributed by atoms with Crippen molar-refractivity contribution in [2.45, 2.75) is 12.5 Å². The fraction of sp³-hybridized carbons (Fsp3) is 0.300. The third kappa shape index (κ3) is 4.87. The summed E-state index contributed by atoms with van der Waals surface area (Å²) in [6, 6.07) is 19.2. The third-order valence-corrected chi connectivity index (χ3v) is 4.66. The molecule has 1 saturated heterocycles. The van der Waals surface area contributed by atoms with Gasteiger partial charge in [-0.05, 0) is 17.8 Å². The summed E-state index contributed by atoms with van der Waals surface area (Å²) in [5, 5.41) is 4.06. The molecule has 1 fully saturated rings. The van der Waals surface area contributed by atoms with Gasteiger partial charge in [-0.3, -0.25) is 4.79 Å². The van der Waals surface area contributed by atoms with E-state index in [-0.39, 0.29) is 11.8 Å². The number of morpholine rings is 1. The molecule has 0 aliphatic carbocycles. The van der Waals surface area contributed by atoms with E-state index in [0.717, 1.165) is 24.2 Å². The maximum atomic E-state index is 12.7. The molecule has 25 heavy (non-hydrogen) atoms. The molecule has 0 radical (unpaired) electrons. The number of hydrogen-bond donors (Lipinski definition) is 1. The van der Waals surface area contributed by atoms with Gasteiger partial charge in [0.05, 0.1) is 19.3 Å². The van der Waals surface area contributed by atoms with Gasteiger partial charge in [-0.15, -0.1) is 0 Å². The molecule has 0 amide bonds. The predicted octanol–water partition coefficient (Wildman–Crippen LogP) is 3.21. The van der Waals surface area contributed by atoms with Gasteiger partial charge in [0.2, 0.25) is 0 Å². The van der Waals surface area contributed by atoms with E-state index < -0.39 is 0 Å². The fourth-order valence-corrected chi connectivity index (χ4v) is 3.20. The van der Waals surface area contributed by atoms with Crippen molar-refractivity contribution < 1.29 is 9.53 Å². The average Bonchev–Trinajstić information content (AvgIpc) is 2.69. The van der Waals surface area contributed by atoms with Crippen LogP contribution in [-0.2, 0) is 4.74 Å². The number of ketones is 1. The van der Waals surface area contributed by atoms with Crippen LogP contribution >= 0.6 is 12.2 Å². The van der Waals surface area contributed by atoms with Gasteiger partial charge in [-0.25, -0.2) is 0 Å². The quantitative estimate of drug-likeness (QED) is 0.660. The minimum atomic E-state index is -0.149. The smallest absolute Gasteiger partial charge is 0.169 e. The Hall–Kier alpha value is -2.24. The van der Waals surface area contributed by atoms with Crippen LogP contribution in [0.4, 0.5) is 0 Å². The molecular formula is C20H22N2O2S. The second-order valence-corrected chi connectivity index (χ2v) is 6.39. The molecular weight excluding hydrogens is 332 g/mol. The fourth-order valence-electron chi connectivity index (χ4n) is 2.87. The highest BCUT2D eigenvalue weighted by molar-refractivity contribution is 7.80. The third-order valence-electron chi connectivity index (χ3n) is 4.28. The van der Waals surface area contributed by atoms with E-state index in [1.165, 1.54) is 0 Å². The van der Waals surface area contributed by atoms with E-state index in [4.69, 9.17) is 17.0 Å². The number of rotatable bonds is 5. The van der Waals surface area contributed by atoms with E-state index in [9.17, 15) is 4.79 Å². The number of carbonyl (C=O) groups excluding carboxylic acids is 1. The van der Waals surface area contributed by atoms with Crippen LogP contribution in [0, 0.1) is 0 Å². The van der Waals surface area contributed by atoms with E-state index >= 15 is 0 Å². The summed E-state index contributed by atoms with van der Waals surface area (Å²) in [6.07, 6.45) is 0.360. The van der Waals surface area contributed by atoms with Crippen molar-refractivity contribution in [2.24, 2.45) is 0 Å². The van der Waals surface area contributed by atoms with Crippen LogP contribution in [-0.4, -0.2) is 42.1 Å². The first-order valence-electron chi connectivity index (χ1n) is 8.50. The van der Waals surface area contributed by atoms with E-state index in [1.54, 1.807) is 0 Å².